The van der Waals surface area contributed by atoms with E-state index in [1.165, 1.54) is 18.5 Å². The first-order chi connectivity index (χ1) is 14.6. The van der Waals surface area contributed by atoms with Crippen LogP contribution >= 0.6 is 0 Å². The lowest BCUT2D eigenvalue weighted by molar-refractivity contribution is 0.0169. The van der Waals surface area contributed by atoms with Crippen molar-refractivity contribution in [1.82, 2.24) is 24.6 Å². The van der Waals surface area contributed by atoms with Crippen molar-refractivity contribution in [2.24, 2.45) is 0 Å². The first-order valence-electron chi connectivity index (χ1n) is 10.1. The second-order valence-corrected chi connectivity index (χ2v) is 8.64. The molecule has 1 aliphatic rings. The molecule has 0 aliphatic carbocycles. The molecule has 3 aromatic rings. The third-order valence-electron chi connectivity index (χ3n) is 5.12. The number of carbonyl (C=O) groups excluding carboxylic acids is 1. The van der Waals surface area contributed by atoms with Gasteiger partial charge >= 0.3 is 6.09 Å². The van der Waals surface area contributed by atoms with Crippen LogP contribution in [0.4, 0.5) is 15.0 Å². The van der Waals surface area contributed by atoms with Gasteiger partial charge in [0, 0.05) is 24.7 Å². The van der Waals surface area contributed by atoms with Gasteiger partial charge in [0.1, 0.15) is 35.0 Å². The fourth-order valence-corrected chi connectivity index (χ4v) is 3.78. The molecule has 1 fully saturated rings. The van der Waals surface area contributed by atoms with Crippen molar-refractivity contribution in [3.05, 3.63) is 30.3 Å². The monoisotopic (exact) mass is 428 g/mol. The summed E-state index contributed by atoms with van der Waals surface area (Å²) >= 11 is 0. The van der Waals surface area contributed by atoms with Crippen molar-refractivity contribution in [2.75, 3.05) is 18.8 Å². The number of piperidine rings is 1. The first kappa shape index (κ1) is 20.8. The number of hydrogen-bond acceptors (Lipinski definition) is 7. The molecule has 1 aliphatic heterocycles. The lowest BCUT2D eigenvalue weighted by Gasteiger charge is -2.34. The molecule has 10 heteroatoms. The second-order valence-electron chi connectivity index (χ2n) is 8.64. The van der Waals surface area contributed by atoms with Crippen LogP contribution in [0.25, 0.3) is 22.3 Å². The van der Waals surface area contributed by atoms with Gasteiger partial charge in [0.15, 0.2) is 5.65 Å². The summed E-state index contributed by atoms with van der Waals surface area (Å²) in [5, 5.41) is 14.6. The SMILES string of the molecule is CC(C)(C)OC(=O)N1CCCC(n2nc(-c3ccc(O)cc3F)c3c(N)ncnc32)C1. The Balaban J connectivity index is 1.75. The number of benzene rings is 1. The highest BCUT2D eigenvalue weighted by atomic mass is 19.1. The molecule has 0 radical (unpaired) electrons. The number of carbonyl (C=O) groups is 1. The van der Waals surface area contributed by atoms with Crippen LogP contribution in [0.1, 0.15) is 39.7 Å². The third kappa shape index (κ3) is 4.10. The van der Waals surface area contributed by atoms with Crippen LogP contribution in [0, 0.1) is 5.82 Å². The maximum Gasteiger partial charge on any atom is 0.410 e. The summed E-state index contributed by atoms with van der Waals surface area (Å²) in [6.07, 6.45) is 2.47. The summed E-state index contributed by atoms with van der Waals surface area (Å²) in [6.45, 7) is 6.44. The third-order valence-corrected chi connectivity index (χ3v) is 5.12. The molecule has 1 amide bonds. The van der Waals surface area contributed by atoms with E-state index in [9.17, 15) is 14.3 Å². The predicted molar refractivity (Wildman–Crippen MR) is 113 cm³/mol. The number of ether oxygens (including phenoxy) is 1. The molecule has 164 valence electrons. The van der Waals surface area contributed by atoms with E-state index >= 15 is 0 Å². The van der Waals surface area contributed by atoms with Gasteiger partial charge in [0.05, 0.1) is 11.4 Å². The van der Waals surface area contributed by atoms with E-state index in [1.807, 2.05) is 20.8 Å². The number of nitrogens with two attached hydrogens (primary N) is 1. The zero-order valence-electron chi connectivity index (χ0n) is 17.7. The van der Waals surface area contributed by atoms with Crippen LogP contribution in [0.15, 0.2) is 24.5 Å². The highest BCUT2D eigenvalue weighted by Crippen LogP contribution is 2.35. The Labute approximate surface area is 178 Å². The van der Waals surface area contributed by atoms with Gasteiger partial charge in [-0.25, -0.2) is 23.8 Å². The number of fused-ring (bicyclic) bond motifs is 1. The Hall–Kier alpha value is -3.43. The summed E-state index contributed by atoms with van der Waals surface area (Å²) in [7, 11) is 0. The van der Waals surface area contributed by atoms with Gasteiger partial charge < -0.3 is 20.5 Å². The minimum absolute atomic E-state index is 0.179. The van der Waals surface area contributed by atoms with Crippen LogP contribution in [0.2, 0.25) is 0 Å². The minimum Gasteiger partial charge on any atom is -0.508 e. The molecule has 1 saturated heterocycles. The van der Waals surface area contributed by atoms with Gasteiger partial charge in [-0.2, -0.15) is 5.10 Å². The molecule has 2 aromatic heterocycles. The predicted octanol–water partition coefficient (Wildman–Crippen LogP) is 3.49. The number of aromatic hydroxyl groups is 1. The summed E-state index contributed by atoms with van der Waals surface area (Å²) < 4.78 is 21.8. The fourth-order valence-electron chi connectivity index (χ4n) is 3.78. The smallest absolute Gasteiger partial charge is 0.410 e. The number of nitrogen functional groups attached to an aromatic ring is 1. The average Bonchev–Trinajstić information content (AvgIpc) is 3.07. The summed E-state index contributed by atoms with van der Waals surface area (Å²) in [5.41, 5.74) is 6.45. The van der Waals surface area contributed by atoms with Crippen molar-refractivity contribution in [3.8, 4) is 17.0 Å². The number of phenolic OH excluding ortho intramolecular Hbond substituents is 1. The largest absolute Gasteiger partial charge is 0.508 e. The molecule has 31 heavy (non-hydrogen) atoms. The van der Waals surface area contributed by atoms with Crippen LogP contribution in [0.5, 0.6) is 5.75 Å². The van der Waals surface area contributed by atoms with Gasteiger partial charge in [0.25, 0.3) is 0 Å². The number of phenols is 1. The molecule has 1 atom stereocenters. The Morgan fingerprint density at radius 3 is 2.81 bits per heavy atom. The van der Waals surface area contributed by atoms with Crippen LogP contribution in [-0.2, 0) is 4.74 Å². The average molecular weight is 428 g/mol. The van der Waals surface area contributed by atoms with Crippen molar-refractivity contribution < 1.29 is 19.0 Å². The van der Waals surface area contributed by atoms with Gasteiger partial charge in [-0.1, -0.05) is 0 Å². The van der Waals surface area contributed by atoms with E-state index < -0.39 is 11.4 Å². The number of anilines is 1. The highest BCUT2D eigenvalue weighted by molar-refractivity contribution is 5.98. The summed E-state index contributed by atoms with van der Waals surface area (Å²) in [6, 6.07) is 3.66. The first-order valence-corrected chi connectivity index (χ1v) is 10.1. The maximum absolute atomic E-state index is 14.6. The Morgan fingerprint density at radius 1 is 1.32 bits per heavy atom. The zero-order valence-corrected chi connectivity index (χ0v) is 17.7. The number of likely N-dealkylation sites (tertiary alicyclic amines) is 1. The van der Waals surface area contributed by atoms with E-state index in [0.29, 0.717) is 29.8 Å². The molecule has 3 heterocycles. The molecule has 4 rings (SSSR count). The molecule has 1 unspecified atom stereocenters. The molecule has 0 bridgehead atoms. The summed E-state index contributed by atoms with van der Waals surface area (Å²) in [5.74, 6) is -0.637. The lowest BCUT2D eigenvalue weighted by Crippen LogP contribution is -2.43. The number of hydrogen-bond donors (Lipinski definition) is 2. The van der Waals surface area contributed by atoms with Crippen LogP contribution in [-0.4, -0.2) is 54.5 Å². The highest BCUT2D eigenvalue weighted by Gasteiger charge is 2.31. The van der Waals surface area contributed by atoms with E-state index in [0.717, 1.165) is 18.9 Å². The standard InChI is InChI=1S/C21H25FN6O3/c1-21(2,3)31-20(30)27-8-4-5-12(10-27)28-19-16(18(23)24-11-25-19)17(26-28)14-7-6-13(29)9-15(14)22/h6-7,9,11-12,29H,4-5,8,10H2,1-3H3,(H2,23,24,25). The lowest BCUT2D eigenvalue weighted by atomic mass is 10.1. The number of nitrogens with zero attached hydrogens (tertiary/aromatic N) is 5. The van der Waals surface area contributed by atoms with Gasteiger partial charge in [-0.05, 0) is 45.7 Å². The van der Waals surface area contributed by atoms with Crippen molar-refractivity contribution in [1.29, 1.82) is 0 Å². The quantitative estimate of drug-likeness (QED) is 0.641. The Bertz CT molecular complexity index is 1140. The molecule has 3 N–H and O–H groups in total. The minimum atomic E-state index is -0.631. The van der Waals surface area contributed by atoms with Gasteiger partial charge in [-0.15, -0.1) is 0 Å². The zero-order chi connectivity index (χ0) is 22.3. The van der Waals surface area contributed by atoms with E-state index in [4.69, 9.17) is 10.5 Å². The molecule has 0 spiro atoms. The molecular formula is C21H25FN6O3. The van der Waals surface area contributed by atoms with Crippen LogP contribution < -0.4 is 5.73 Å². The molecule has 9 nitrogen and oxygen atoms in total. The van der Waals surface area contributed by atoms with E-state index in [1.54, 1.807) is 9.58 Å². The Morgan fingerprint density at radius 2 is 2.10 bits per heavy atom. The Kier molecular flexibility index (Phi) is 5.16. The molecule has 1 aromatic carbocycles. The number of amides is 1. The second kappa shape index (κ2) is 7.68. The van der Waals surface area contributed by atoms with Gasteiger partial charge in [0.2, 0.25) is 0 Å². The summed E-state index contributed by atoms with van der Waals surface area (Å²) in [4.78, 5) is 22.6. The van der Waals surface area contributed by atoms with Crippen molar-refractivity contribution in [2.45, 2.75) is 45.3 Å². The normalized spacial score (nSPS) is 17.2. The van der Waals surface area contributed by atoms with Gasteiger partial charge in [-0.3, -0.25) is 0 Å². The molecular weight excluding hydrogens is 403 g/mol. The maximum atomic E-state index is 14.6. The van der Waals surface area contributed by atoms with E-state index in [-0.39, 0.29) is 29.3 Å². The van der Waals surface area contributed by atoms with E-state index in [2.05, 4.69) is 15.1 Å². The topological polar surface area (TPSA) is 119 Å². The number of halogens is 1. The van der Waals surface area contributed by atoms with Crippen molar-refractivity contribution >= 4 is 22.9 Å². The number of rotatable bonds is 2. The molecule has 0 saturated carbocycles. The number of aromatic nitrogens is 4. The van der Waals surface area contributed by atoms with Crippen molar-refractivity contribution in [3.63, 3.8) is 0 Å². The van der Waals surface area contributed by atoms with Crippen LogP contribution in [0.3, 0.4) is 0 Å². The fraction of sp³-hybridized carbons (Fsp3) is 0.429.